The molecule has 0 spiro atoms. The van der Waals surface area contributed by atoms with Crippen LogP contribution >= 0.6 is 0 Å². The second-order valence-corrected chi connectivity index (χ2v) is 4.58. The molecule has 0 radical (unpaired) electrons. The highest BCUT2D eigenvalue weighted by Crippen LogP contribution is 2.22. The van der Waals surface area contributed by atoms with Crippen molar-refractivity contribution in [3.05, 3.63) is 35.4 Å². The zero-order valence-corrected chi connectivity index (χ0v) is 10.5. The molecule has 1 aliphatic heterocycles. The highest BCUT2D eigenvalue weighted by atomic mass is 19.1. The molecular weight excluding hydrogens is 272 g/mol. The molecule has 1 heterocycles. The van der Waals surface area contributed by atoms with E-state index < -0.39 is 34.6 Å². The van der Waals surface area contributed by atoms with Gasteiger partial charge in [0.2, 0.25) is 0 Å². The Bertz CT molecular complexity index is 541. The number of hydrogen-bond acceptors (Lipinski definition) is 3. The summed E-state index contributed by atoms with van der Waals surface area (Å²) in [5, 5.41) is 11.6. The second-order valence-electron chi connectivity index (χ2n) is 4.58. The first-order valence-electron chi connectivity index (χ1n) is 6.03. The largest absolute Gasteiger partial charge is 0.480 e. The number of rotatable bonds is 3. The summed E-state index contributed by atoms with van der Waals surface area (Å²) in [4.78, 5) is 23.3. The molecule has 0 aromatic heterocycles. The molecule has 1 aromatic rings. The van der Waals surface area contributed by atoms with Crippen LogP contribution in [0, 0.1) is 11.6 Å². The van der Waals surface area contributed by atoms with Crippen molar-refractivity contribution in [2.75, 3.05) is 13.2 Å². The zero-order valence-electron chi connectivity index (χ0n) is 10.5. The number of carboxylic acids is 1. The minimum atomic E-state index is -1.51. The van der Waals surface area contributed by atoms with Crippen molar-refractivity contribution in [3.8, 4) is 0 Å². The number of amides is 1. The first kappa shape index (κ1) is 14.4. The van der Waals surface area contributed by atoms with Gasteiger partial charge >= 0.3 is 5.97 Å². The van der Waals surface area contributed by atoms with E-state index in [2.05, 4.69) is 5.32 Å². The molecule has 0 atom stereocenters. The predicted molar refractivity (Wildman–Crippen MR) is 64.2 cm³/mol. The lowest BCUT2D eigenvalue weighted by molar-refractivity contribution is -0.148. The van der Waals surface area contributed by atoms with Crippen molar-refractivity contribution in [3.63, 3.8) is 0 Å². The fraction of sp³-hybridized carbons (Fsp3) is 0.385. The molecule has 1 fully saturated rings. The van der Waals surface area contributed by atoms with Crippen LogP contribution in [0.3, 0.4) is 0 Å². The second kappa shape index (κ2) is 5.54. The third-order valence-electron chi connectivity index (χ3n) is 3.28. The normalized spacial score (nSPS) is 17.5. The van der Waals surface area contributed by atoms with Crippen LogP contribution in [-0.4, -0.2) is 35.7 Å². The molecular formula is C13H13F2NO4. The third-order valence-corrected chi connectivity index (χ3v) is 3.28. The molecule has 0 saturated carbocycles. The Labute approximate surface area is 113 Å². The number of aliphatic carboxylic acids is 1. The van der Waals surface area contributed by atoms with Gasteiger partial charge in [0.25, 0.3) is 5.91 Å². The van der Waals surface area contributed by atoms with Gasteiger partial charge in [-0.2, -0.15) is 0 Å². The first-order chi connectivity index (χ1) is 9.44. The first-order valence-corrected chi connectivity index (χ1v) is 6.03. The van der Waals surface area contributed by atoms with Crippen LogP contribution in [0.4, 0.5) is 8.78 Å². The maximum Gasteiger partial charge on any atom is 0.329 e. The van der Waals surface area contributed by atoms with Crippen LogP contribution in [0.15, 0.2) is 18.2 Å². The minimum Gasteiger partial charge on any atom is -0.480 e. The Morgan fingerprint density at radius 3 is 2.50 bits per heavy atom. The molecule has 5 nitrogen and oxygen atoms in total. The predicted octanol–water partition coefficient (Wildman–Crippen LogP) is 1.33. The van der Waals surface area contributed by atoms with Crippen LogP contribution in [0.5, 0.6) is 0 Å². The average molecular weight is 285 g/mol. The van der Waals surface area contributed by atoms with E-state index in [0.29, 0.717) is 0 Å². The lowest BCUT2D eigenvalue weighted by atomic mass is 9.89. The molecule has 0 bridgehead atoms. The lowest BCUT2D eigenvalue weighted by Crippen LogP contribution is -2.57. The Balaban J connectivity index is 2.24. The van der Waals surface area contributed by atoms with Gasteiger partial charge in [-0.1, -0.05) is 0 Å². The Morgan fingerprint density at radius 1 is 1.25 bits per heavy atom. The number of carbonyl (C=O) groups is 2. The molecule has 1 aliphatic rings. The summed E-state index contributed by atoms with van der Waals surface area (Å²) >= 11 is 0. The molecule has 1 aromatic carbocycles. The molecule has 0 unspecified atom stereocenters. The van der Waals surface area contributed by atoms with Crippen LogP contribution in [-0.2, 0) is 9.53 Å². The number of halogens is 2. The average Bonchev–Trinajstić information content (AvgIpc) is 2.42. The van der Waals surface area contributed by atoms with E-state index in [4.69, 9.17) is 4.74 Å². The number of carbonyl (C=O) groups excluding carboxylic acids is 1. The smallest absolute Gasteiger partial charge is 0.329 e. The van der Waals surface area contributed by atoms with E-state index >= 15 is 0 Å². The summed E-state index contributed by atoms with van der Waals surface area (Å²) in [5.74, 6) is -3.85. The summed E-state index contributed by atoms with van der Waals surface area (Å²) in [7, 11) is 0. The highest BCUT2D eigenvalue weighted by Gasteiger charge is 2.42. The standard InChI is InChI=1S/C13H13F2NO4/c14-8-1-2-10(15)9(7-8)11(17)16-13(12(18)19)3-5-20-6-4-13/h1-2,7H,3-6H2,(H,16,17)(H,18,19). The molecule has 1 amide bonds. The number of nitrogens with one attached hydrogen (secondary N) is 1. The van der Waals surface area contributed by atoms with Gasteiger partial charge in [0, 0.05) is 26.1 Å². The van der Waals surface area contributed by atoms with Gasteiger partial charge in [0.1, 0.15) is 17.2 Å². The van der Waals surface area contributed by atoms with Gasteiger partial charge in [-0.15, -0.1) is 0 Å². The van der Waals surface area contributed by atoms with Crippen molar-refractivity contribution in [1.29, 1.82) is 0 Å². The van der Waals surface area contributed by atoms with Gasteiger partial charge in [-0.3, -0.25) is 4.79 Å². The van der Waals surface area contributed by atoms with E-state index in [1.165, 1.54) is 0 Å². The topological polar surface area (TPSA) is 75.6 Å². The minimum absolute atomic E-state index is 0.0744. The van der Waals surface area contributed by atoms with Crippen molar-refractivity contribution in [2.24, 2.45) is 0 Å². The van der Waals surface area contributed by atoms with Crippen LogP contribution in [0.25, 0.3) is 0 Å². The lowest BCUT2D eigenvalue weighted by Gasteiger charge is -2.33. The van der Waals surface area contributed by atoms with E-state index in [9.17, 15) is 23.5 Å². The Hall–Kier alpha value is -2.02. The van der Waals surface area contributed by atoms with Gasteiger partial charge < -0.3 is 15.2 Å². The van der Waals surface area contributed by atoms with Crippen molar-refractivity contribution >= 4 is 11.9 Å². The van der Waals surface area contributed by atoms with E-state index in [1.54, 1.807) is 0 Å². The SMILES string of the molecule is O=C(NC1(C(=O)O)CCOCC1)c1cc(F)ccc1F. The van der Waals surface area contributed by atoms with E-state index in [1.807, 2.05) is 0 Å². The molecule has 2 rings (SSSR count). The number of ether oxygens (including phenoxy) is 1. The highest BCUT2D eigenvalue weighted by molar-refractivity contribution is 5.98. The maximum atomic E-state index is 13.5. The summed E-state index contributed by atoms with van der Waals surface area (Å²) in [5.41, 5.74) is -2.02. The molecule has 7 heteroatoms. The van der Waals surface area contributed by atoms with Gasteiger partial charge in [-0.25, -0.2) is 13.6 Å². The summed E-state index contributed by atoms with van der Waals surface area (Å²) in [6.45, 7) is 0.358. The Morgan fingerprint density at radius 2 is 1.90 bits per heavy atom. The fourth-order valence-electron chi connectivity index (χ4n) is 2.07. The van der Waals surface area contributed by atoms with Crippen molar-refractivity contribution in [2.45, 2.75) is 18.4 Å². The zero-order chi connectivity index (χ0) is 14.8. The Kier molecular flexibility index (Phi) is 3.99. The fourth-order valence-corrected chi connectivity index (χ4v) is 2.07. The van der Waals surface area contributed by atoms with Crippen LogP contribution in [0.2, 0.25) is 0 Å². The molecule has 20 heavy (non-hydrogen) atoms. The van der Waals surface area contributed by atoms with Crippen molar-refractivity contribution in [1.82, 2.24) is 5.32 Å². The number of hydrogen-bond donors (Lipinski definition) is 2. The molecule has 0 aliphatic carbocycles. The monoisotopic (exact) mass is 285 g/mol. The number of carboxylic acid groups (broad SMARTS) is 1. The summed E-state index contributed by atoms with van der Waals surface area (Å²) in [6, 6.07) is 2.44. The van der Waals surface area contributed by atoms with E-state index in [0.717, 1.165) is 18.2 Å². The van der Waals surface area contributed by atoms with Crippen LogP contribution < -0.4 is 5.32 Å². The van der Waals surface area contributed by atoms with Crippen LogP contribution in [0.1, 0.15) is 23.2 Å². The number of benzene rings is 1. The quantitative estimate of drug-likeness (QED) is 0.878. The summed E-state index contributed by atoms with van der Waals surface area (Å²) in [6.07, 6.45) is 0.149. The summed E-state index contributed by atoms with van der Waals surface area (Å²) < 4.78 is 31.6. The molecule has 108 valence electrons. The van der Waals surface area contributed by atoms with Gasteiger partial charge in [0.15, 0.2) is 0 Å². The molecule has 1 saturated heterocycles. The maximum absolute atomic E-state index is 13.5. The van der Waals surface area contributed by atoms with E-state index in [-0.39, 0.29) is 26.1 Å². The van der Waals surface area contributed by atoms with Gasteiger partial charge in [-0.05, 0) is 18.2 Å². The third kappa shape index (κ3) is 2.77. The van der Waals surface area contributed by atoms with Gasteiger partial charge in [0.05, 0.1) is 5.56 Å². The molecule has 2 N–H and O–H groups in total. The van der Waals surface area contributed by atoms with Crippen molar-refractivity contribution < 1.29 is 28.2 Å².